The third kappa shape index (κ3) is 6.56. The Balaban J connectivity index is 2.11. The number of unbranched alkanes of at least 4 members (excludes halogenated alkanes) is 2. The average Bonchev–Trinajstić information content (AvgIpc) is 3.10. The van der Waals surface area contributed by atoms with Gasteiger partial charge < -0.3 is 14.4 Å². The Morgan fingerprint density at radius 1 is 1.19 bits per heavy atom. The largest absolute Gasteiger partial charge is 0.457 e. The Morgan fingerprint density at radius 2 is 1.89 bits per heavy atom. The summed E-state index contributed by atoms with van der Waals surface area (Å²) < 4.78 is 11.5. The number of carbonyl (C=O) groups is 2. The first-order valence-corrected chi connectivity index (χ1v) is 10.1. The molecule has 0 aromatic heterocycles. The number of amides is 1. The van der Waals surface area contributed by atoms with E-state index in [1.165, 1.54) is 0 Å². The van der Waals surface area contributed by atoms with Crippen LogP contribution in [0.25, 0.3) is 0 Å². The molecule has 2 rings (SSSR count). The Hall–Kier alpha value is -2.04. The number of esters is 1. The van der Waals surface area contributed by atoms with E-state index in [1.807, 2.05) is 39.0 Å². The van der Waals surface area contributed by atoms with E-state index in [0.717, 1.165) is 38.5 Å². The van der Waals surface area contributed by atoms with Gasteiger partial charge in [-0.15, -0.1) is 0 Å². The maximum Gasteiger partial charge on any atom is 0.410 e. The molecule has 0 spiro atoms. The monoisotopic (exact) mass is 375 g/mol. The molecule has 1 saturated heterocycles. The Kier molecular flexibility index (Phi) is 7.69. The van der Waals surface area contributed by atoms with Crippen LogP contribution in [-0.4, -0.2) is 41.3 Å². The van der Waals surface area contributed by atoms with Gasteiger partial charge in [-0.2, -0.15) is 0 Å². The summed E-state index contributed by atoms with van der Waals surface area (Å²) in [5, 5.41) is 0. The van der Waals surface area contributed by atoms with Crippen molar-refractivity contribution in [2.24, 2.45) is 0 Å². The predicted molar refractivity (Wildman–Crippen MR) is 106 cm³/mol. The van der Waals surface area contributed by atoms with Crippen molar-refractivity contribution < 1.29 is 19.1 Å². The average molecular weight is 376 g/mol. The fourth-order valence-corrected chi connectivity index (χ4v) is 3.43. The lowest BCUT2D eigenvalue weighted by molar-refractivity contribution is -0.0134. The number of rotatable bonds is 7. The van der Waals surface area contributed by atoms with Gasteiger partial charge in [-0.25, -0.2) is 9.59 Å². The molecule has 0 saturated carbocycles. The van der Waals surface area contributed by atoms with Crippen molar-refractivity contribution in [3.05, 3.63) is 35.9 Å². The smallest absolute Gasteiger partial charge is 0.410 e. The summed E-state index contributed by atoms with van der Waals surface area (Å²) >= 11 is 0. The van der Waals surface area contributed by atoms with Gasteiger partial charge in [0.2, 0.25) is 0 Å². The summed E-state index contributed by atoms with van der Waals surface area (Å²) in [6, 6.07) is 8.91. The third-order valence-corrected chi connectivity index (χ3v) is 4.72. The van der Waals surface area contributed by atoms with Crippen LogP contribution in [0.3, 0.4) is 0 Å². The molecule has 0 aliphatic carbocycles. The van der Waals surface area contributed by atoms with E-state index < -0.39 is 5.60 Å². The molecule has 1 aromatic carbocycles. The fourth-order valence-electron chi connectivity index (χ4n) is 3.43. The number of carbonyl (C=O) groups excluding carboxylic acids is 2. The summed E-state index contributed by atoms with van der Waals surface area (Å²) in [7, 11) is 0. The molecule has 1 amide bonds. The van der Waals surface area contributed by atoms with Crippen molar-refractivity contribution >= 4 is 12.1 Å². The van der Waals surface area contributed by atoms with Crippen molar-refractivity contribution in [2.45, 2.75) is 84.0 Å². The van der Waals surface area contributed by atoms with Crippen LogP contribution in [-0.2, 0) is 9.47 Å². The minimum Gasteiger partial charge on any atom is -0.457 e. The number of hydrogen-bond donors (Lipinski definition) is 0. The van der Waals surface area contributed by atoms with Crippen LogP contribution < -0.4 is 0 Å². The zero-order valence-corrected chi connectivity index (χ0v) is 17.1. The van der Waals surface area contributed by atoms with E-state index in [2.05, 4.69) is 6.92 Å². The van der Waals surface area contributed by atoms with E-state index in [9.17, 15) is 9.59 Å². The topological polar surface area (TPSA) is 55.8 Å². The lowest BCUT2D eigenvalue weighted by Crippen LogP contribution is -2.46. The standard InChI is InChI=1S/C22H33NO4/c1-5-6-8-15-19(26-20(24)17-12-9-7-10-13-17)18-14-11-16-23(18)21(25)27-22(2,3)4/h7,9-10,12-13,18-19H,5-6,8,11,14-16H2,1-4H3/t18-,19-/m0/s1. The highest BCUT2D eigenvalue weighted by Crippen LogP contribution is 2.28. The molecule has 1 aliphatic heterocycles. The second kappa shape index (κ2) is 9.77. The summed E-state index contributed by atoms with van der Waals surface area (Å²) in [6.45, 7) is 8.39. The molecule has 0 radical (unpaired) electrons. The fraction of sp³-hybridized carbons (Fsp3) is 0.636. The van der Waals surface area contributed by atoms with Gasteiger partial charge in [-0.3, -0.25) is 0 Å². The van der Waals surface area contributed by atoms with E-state index in [0.29, 0.717) is 12.1 Å². The van der Waals surface area contributed by atoms with Gasteiger partial charge in [0.25, 0.3) is 0 Å². The van der Waals surface area contributed by atoms with Crippen LogP contribution in [0.5, 0.6) is 0 Å². The first-order valence-electron chi connectivity index (χ1n) is 10.1. The van der Waals surface area contributed by atoms with Crippen LogP contribution in [0.4, 0.5) is 4.79 Å². The zero-order chi connectivity index (χ0) is 19.9. The summed E-state index contributed by atoms with van der Waals surface area (Å²) in [6.07, 6.45) is 5.02. The highest BCUT2D eigenvalue weighted by Gasteiger charge is 2.38. The quantitative estimate of drug-likeness (QED) is 0.486. The Morgan fingerprint density at radius 3 is 2.52 bits per heavy atom. The highest BCUT2D eigenvalue weighted by molar-refractivity contribution is 5.89. The molecular weight excluding hydrogens is 342 g/mol. The first-order chi connectivity index (χ1) is 12.8. The van der Waals surface area contributed by atoms with Gasteiger partial charge in [-0.05, 0) is 58.6 Å². The normalized spacial score (nSPS) is 18.2. The van der Waals surface area contributed by atoms with E-state index >= 15 is 0 Å². The van der Waals surface area contributed by atoms with Crippen molar-refractivity contribution in [2.75, 3.05) is 6.54 Å². The second-order valence-electron chi connectivity index (χ2n) is 8.19. The molecule has 5 nitrogen and oxygen atoms in total. The number of benzene rings is 1. The highest BCUT2D eigenvalue weighted by atomic mass is 16.6. The Labute approximate surface area is 163 Å². The van der Waals surface area contributed by atoms with Gasteiger partial charge in [0.05, 0.1) is 11.6 Å². The molecule has 2 atom stereocenters. The molecular formula is C22H33NO4. The molecule has 0 unspecified atom stereocenters. The number of ether oxygens (including phenoxy) is 2. The van der Waals surface area contributed by atoms with Crippen LogP contribution in [0, 0.1) is 0 Å². The molecule has 1 heterocycles. The second-order valence-corrected chi connectivity index (χ2v) is 8.19. The molecule has 0 N–H and O–H groups in total. The Bertz CT molecular complexity index is 608. The van der Waals surface area contributed by atoms with Crippen LogP contribution >= 0.6 is 0 Å². The predicted octanol–water partition coefficient (Wildman–Crippen LogP) is 5.19. The molecule has 150 valence electrons. The van der Waals surface area contributed by atoms with Gasteiger partial charge in [0.1, 0.15) is 11.7 Å². The number of hydrogen-bond acceptors (Lipinski definition) is 4. The lowest BCUT2D eigenvalue weighted by atomic mass is 10.0. The van der Waals surface area contributed by atoms with E-state index in [1.54, 1.807) is 17.0 Å². The van der Waals surface area contributed by atoms with Crippen molar-refractivity contribution in [3.63, 3.8) is 0 Å². The molecule has 1 aliphatic rings. The maximum absolute atomic E-state index is 12.6. The number of nitrogens with zero attached hydrogens (tertiary/aromatic N) is 1. The SMILES string of the molecule is CCCCC[C@H](OC(=O)c1ccccc1)[C@@H]1CCCN1C(=O)OC(C)(C)C. The maximum atomic E-state index is 12.6. The van der Waals surface area contributed by atoms with Gasteiger partial charge in [0, 0.05) is 6.54 Å². The zero-order valence-electron chi connectivity index (χ0n) is 17.1. The van der Waals surface area contributed by atoms with Crippen LogP contribution in [0.1, 0.15) is 76.6 Å². The van der Waals surface area contributed by atoms with Crippen molar-refractivity contribution in [1.29, 1.82) is 0 Å². The summed E-state index contributed by atoms with van der Waals surface area (Å²) in [5.74, 6) is -0.326. The minimum absolute atomic E-state index is 0.121. The van der Waals surface area contributed by atoms with Crippen molar-refractivity contribution in [3.8, 4) is 0 Å². The number of likely N-dealkylation sites (tertiary alicyclic amines) is 1. The minimum atomic E-state index is -0.539. The first kappa shape index (κ1) is 21.3. The van der Waals surface area contributed by atoms with Gasteiger partial charge >= 0.3 is 12.1 Å². The van der Waals surface area contributed by atoms with Gasteiger partial charge in [-0.1, -0.05) is 38.0 Å². The molecule has 5 heteroatoms. The summed E-state index contributed by atoms with van der Waals surface area (Å²) in [5.41, 5.74) is 0.00245. The molecule has 1 aromatic rings. The van der Waals surface area contributed by atoms with Crippen LogP contribution in [0.2, 0.25) is 0 Å². The van der Waals surface area contributed by atoms with E-state index in [4.69, 9.17) is 9.47 Å². The summed E-state index contributed by atoms with van der Waals surface area (Å²) in [4.78, 5) is 27.0. The molecule has 0 bridgehead atoms. The van der Waals surface area contributed by atoms with E-state index in [-0.39, 0.29) is 24.2 Å². The van der Waals surface area contributed by atoms with Crippen LogP contribution in [0.15, 0.2) is 30.3 Å². The van der Waals surface area contributed by atoms with Gasteiger partial charge in [0.15, 0.2) is 0 Å². The molecule has 1 fully saturated rings. The van der Waals surface area contributed by atoms with Crippen molar-refractivity contribution in [1.82, 2.24) is 4.90 Å². The molecule has 27 heavy (non-hydrogen) atoms. The third-order valence-electron chi connectivity index (χ3n) is 4.72. The lowest BCUT2D eigenvalue weighted by Gasteiger charge is -2.33.